The lowest BCUT2D eigenvalue weighted by atomic mass is 9.95. The molecule has 142 valence electrons. The lowest BCUT2D eigenvalue weighted by Crippen LogP contribution is -2.29. The summed E-state index contributed by atoms with van der Waals surface area (Å²) in [5, 5.41) is 22.0. The maximum absolute atomic E-state index is 12.7. The Bertz CT molecular complexity index is 1010. The van der Waals surface area contributed by atoms with Gasteiger partial charge in [0.05, 0.1) is 16.5 Å². The fraction of sp³-hybridized carbons (Fsp3) is 0.143. The predicted molar refractivity (Wildman–Crippen MR) is 103 cm³/mol. The molecule has 1 N–H and O–H groups in total. The Hall–Kier alpha value is -3.74. The highest BCUT2D eigenvalue weighted by Gasteiger charge is 2.45. The van der Waals surface area contributed by atoms with Gasteiger partial charge in [0.1, 0.15) is 5.76 Å². The van der Waals surface area contributed by atoms with Crippen LogP contribution in [0.5, 0.6) is 0 Å². The smallest absolute Gasteiger partial charge is 0.295 e. The largest absolute Gasteiger partial charge is 0.507 e. The number of hydrogen-bond donors (Lipinski definition) is 1. The summed E-state index contributed by atoms with van der Waals surface area (Å²) in [4.78, 5) is 37.1. The molecule has 1 amide bonds. The van der Waals surface area contributed by atoms with Gasteiger partial charge >= 0.3 is 0 Å². The number of nitro benzene ring substituents is 1. The number of rotatable bonds is 5. The van der Waals surface area contributed by atoms with Gasteiger partial charge in [-0.1, -0.05) is 48.0 Å². The van der Waals surface area contributed by atoms with E-state index in [0.717, 1.165) is 5.56 Å². The number of hydrogen-bond acceptors (Lipinski definition) is 5. The summed E-state index contributed by atoms with van der Waals surface area (Å²) >= 11 is 0. The fourth-order valence-electron chi connectivity index (χ4n) is 3.23. The van der Waals surface area contributed by atoms with E-state index < -0.39 is 22.7 Å². The number of carbonyl (C=O) groups is 2. The van der Waals surface area contributed by atoms with Gasteiger partial charge in [-0.25, -0.2) is 0 Å². The van der Waals surface area contributed by atoms with Gasteiger partial charge in [0.15, 0.2) is 0 Å². The number of carbonyl (C=O) groups excluding carboxylic acids is 2. The second-order valence-electron chi connectivity index (χ2n) is 6.46. The fourth-order valence-corrected chi connectivity index (χ4v) is 3.23. The number of ketones is 1. The first kappa shape index (κ1) is 19.0. The third-order valence-corrected chi connectivity index (χ3v) is 4.59. The minimum Gasteiger partial charge on any atom is -0.507 e. The molecule has 7 nitrogen and oxygen atoms in total. The minimum absolute atomic E-state index is 0.0581. The number of nitro groups is 1. The average molecular weight is 378 g/mol. The van der Waals surface area contributed by atoms with Gasteiger partial charge in [-0.3, -0.25) is 19.7 Å². The van der Waals surface area contributed by atoms with Gasteiger partial charge in [0.25, 0.3) is 17.4 Å². The third kappa shape index (κ3) is 3.29. The summed E-state index contributed by atoms with van der Waals surface area (Å²) in [6.07, 6.45) is 1.46. The topological polar surface area (TPSA) is 101 Å². The molecule has 1 atom stereocenters. The lowest BCUT2D eigenvalue weighted by Gasteiger charge is -2.23. The van der Waals surface area contributed by atoms with E-state index in [2.05, 4.69) is 6.58 Å². The van der Waals surface area contributed by atoms with Crippen molar-refractivity contribution in [2.75, 3.05) is 6.54 Å². The highest BCUT2D eigenvalue weighted by molar-refractivity contribution is 6.46. The van der Waals surface area contributed by atoms with Crippen LogP contribution in [0.25, 0.3) is 5.76 Å². The van der Waals surface area contributed by atoms with Crippen LogP contribution in [-0.4, -0.2) is 33.2 Å². The Labute approximate surface area is 161 Å². The molecule has 7 heteroatoms. The van der Waals surface area contributed by atoms with Crippen molar-refractivity contribution in [3.8, 4) is 0 Å². The van der Waals surface area contributed by atoms with Crippen molar-refractivity contribution >= 4 is 23.1 Å². The van der Waals surface area contributed by atoms with Crippen LogP contribution in [-0.2, 0) is 9.59 Å². The maximum atomic E-state index is 12.7. The molecule has 2 aromatic rings. The van der Waals surface area contributed by atoms with E-state index in [4.69, 9.17) is 0 Å². The van der Waals surface area contributed by atoms with Crippen LogP contribution < -0.4 is 0 Å². The van der Waals surface area contributed by atoms with Gasteiger partial charge < -0.3 is 10.0 Å². The number of aliphatic hydroxyl groups is 1. The van der Waals surface area contributed by atoms with E-state index in [1.165, 1.54) is 29.2 Å². The summed E-state index contributed by atoms with van der Waals surface area (Å²) < 4.78 is 0. The highest BCUT2D eigenvalue weighted by Crippen LogP contribution is 2.40. The van der Waals surface area contributed by atoms with E-state index in [1.807, 2.05) is 6.92 Å². The monoisotopic (exact) mass is 378 g/mol. The molecular weight excluding hydrogens is 360 g/mol. The molecule has 0 bridgehead atoms. The second-order valence-corrected chi connectivity index (χ2v) is 6.46. The minimum atomic E-state index is -0.945. The number of aryl methyl sites for hydroxylation is 1. The van der Waals surface area contributed by atoms with Gasteiger partial charge in [-0.05, 0) is 12.5 Å². The van der Waals surface area contributed by atoms with E-state index in [-0.39, 0.29) is 23.6 Å². The zero-order valence-corrected chi connectivity index (χ0v) is 15.2. The first-order valence-electron chi connectivity index (χ1n) is 8.56. The number of Topliss-reactive ketones (excluding diaryl/α,β-unsaturated/α-hetero) is 1. The molecule has 3 rings (SSSR count). The third-order valence-electron chi connectivity index (χ3n) is 4.59. The summed E-state index contributed by atoms with van der Waals surface area (Å²) in [5.41, 5.74) is 1.45. The quantitative estimate of drug-likeness (QED) is 0.214. The zero-order chi connectivity index (χ0) is 20.4. The van der Waals surface area contributed by atoms with E-state index >= 15 is 0 Å². The Balaban J connectivity index is 2.22. The molecule has 2 aromatic carbocycles. The van der Waals surface area contributed by atoms with Crippen molar-refractivity contribution in [1.82, 2.24) is 4.90 Å². The summed E-state index contributed by atoms with van der Waals surface area (Å²) in [6, 6.07) is 11.6. The molecule has 0 aliphatic carbocycles. The molecule has 1 heterocycles. The first-order chi connectivity index (χ1) is 13.3. The van der Waals surface area contributed by atoms with Crippen molar-refractivity contribution in [2.45, 2.75) is 13.0 Å². The Morgan fingerprint density at radius 3 is 2.54 bits per heavy atom. The molecule has 0 spiro atoms. The molecule has 1 unspecified atom stereocenters. The first-order valence-corrected chi connectivity index (χ1v) is 8.56. The molecule has 1 aliphatic rings. The van der Waals surface area contributed by atoms with Crippen molar-refractivity contribution in [3.05, 3.63) is 93.6 Å². The average Bonchev–Trinajstić information content (AvgIpc) is 2.93. The number of aliphatic hydroxyl groups excluding tert-OH is 1. The second kappa shape index (κ2) is 7.48. The highest BCUT2D eigenvalue weighted by atomic mass is 16.6. The molecule has 0 aromatic heterocycles. The Morgan fingerprint density at radius 2 is 1.93 bits per heavy atom. The standard InChI is InChI=1S/C21H18N2O5/c1-3-11-22-18(15-5-4-6-16(12-15)23(27)28)17(20(25)21(22)26)19(24)14-9-7-13(2)8-10-14/h3-10,12,18,24H,1,11H2,2H3. The van der Waals surface area contributed by atoms with Crippen LogP contribution in [0.15, 0.2) is 66.8 Å². The molecule has 28 heavy (non-hydrogen) atoms. The van der Waals surface area contributed by atoms with Crippen molar-refractivity contribution < 1.29 is 19.6 Å². The van der Waals surface area contributed by atoms with Crippen LogP contribution >= 0.6 is 0 Å². The summed E-state index contributed by atoms with van der Waals surface area (Å²) in [6.45, 7) is 5.55. The number of amides is 1. The summed E-state index contributed by atoms with van der Waals surface area (Å²) in [7, 11) is 0. The molecule has 1 saturated heterocycles. The summed E-state index contributed by atoms with van der Waals surface area (Å²) in [5.74, 6) is -1.94. The van der Waals surface area contributed by atoms with Crippen LogP contribution in [0.4, 0.5) is 5.69 Å². The lowest BCUT2D eigenvalue weighted by molar-refractivity contribution is -0.384. The van der Waals surface area contributed by atoms with Crippen molar-refractivity contribution in [3.63, 3.8) is 0 Å². The predicted octanol–water partition coefficient (Wildman–Crippen LogP) is 3.51. The number of likely N-dealkylation sites (tertiary alicyclic amines) is 1. The van der Waals surface area contributed by atoms with E-state index in [9.17, 15) is 24.8 Å². The van der Waals surface area contributed by atoms with Crippen LogP contribution in [0.3, 0.4) is 0 Å². The molecule has 0 radical (unpaired) electrons. The van der Waals surface area contributed by atoms with Crippen LogP contribution in [0.2, 0.25) is 0 Å². The van der Waals surface area contributed by atoms with E-state index in [1.54, 1.807) is 30.3 Å². The van der Waals surface area contributed by atoms with Gasteiger partial charge in [0.2, 0.25) is 0 Å². The molecular formula is C21H18N2O5. The molecule has 1 fully saturated rings. The van der Waals surface area contributed by atoms with Gasteiger partial charge in [-0.15, -0.1) is 6.58 Å². The van der Waals surface area contributed by atoms with Gasteiger partial charge in [-0.2, -0.15) is 0 Å². The Kier molecular flexibility index (Phi) is 5.08. The van der Waals surface area contributed by atoms with Crippen molar-refractivity contribution in [2.24, 2.45) is 0 Å². The molecule has 1 aliphatic heterocycles. The Morgan fingerprint density at radius 1 is 1.25 bits per heavy atom. The van der Waals surface area contributed by atoms with Crippen LogP contribution in [0.1, 0.15) is 22.7 Å². The van der Waals surface area contributed by atoms with Gasteiger partial charge in [0, 0.05) is 24.2 Å². The normalized spacial score (nSPS) is 18.3. The maximum Gasteiger partial charge on any atom is 0.295 e. The molecule has 0 saturated carbocycles. The number of benzene rings is 2. The SMILES string of the molecule is C=CCN1C(=O)C(=O)C(=C(O)c2ccc(C)cc2)C1c1cccc([N+](=O)[O-])c1. The zero-order valence-electron chi connectivity index (χ0n) is 15.2. The van der Waals surface area contributed by atoms with Crippen LogP contribution in [0, 0.1) is 17.0 Å². The van der Waals surface area contributed by atoms with Crippen molar-refractivity contribution in [1.29, 1.82) is 0 Å². The number of non-ortho nitro benzene ring substituents is 1. The number of nitrogens with zero attached hydrogens (tertiary/aromatic N) is 2. The van der Waals surface area contributed by atoms with E-state index in [0.29, 0.717) is 11.1 Å².